The summed E-state index contributed by atoms with van der Waals surface area (Å²) < 4.78 is 0. The van der Waals surface area contributed by atoms with Gasteiger partial charge in [-0.1, -0.05) is 27.7 Å². The Morgan fingerprint density at radius 1 is 1.07 bits per heavy atom. The minimum Gasteiger partial charge on any atom is -0.393 e. The standard InChI is InChI=1S/C13H24O/c1-9-5-6-10-12(2,3)8-7-11(14)13(9,10)4/h9-11,14H,5-8H2,1-4H3/t9-,10?,11-,13+/m1/s1. The topological polar surface area (TPSA) is 20.2 Å². The molecule has 1 unspecified atom stereocenters. The summed E-state index contributed by atoms with van der Waals surface area (Å²) >= 11 is 0. The first-order chi connectivity index (χ1) is 6.39. The van der Waals surface area contributed by atoms with E-state index >= 15 is 0 Å². The van der Waals surface area contributed by atoms with Gasteiger partial charge in [0.1, 0.15) is 0 Å². The van der Waals surface area contributed by atoms with Crippen molar-refractivity contribution in [3.8, 4) is 0 Å². The van der Waals surface area contributed by atoms with E-state index in [2.05, 4.69) is 27.7 Å². The van der Waals surface area contributed by atoms with Crippen LogP contribution in [0.15, 0.2) is 0 Å². The van der Waals surface area contributed by atoms with Crippen LogP contribution in [-0.4, -0.2) is 11.2 Å². The largest absolute Gasteiger partial charge is 0.393 e. The van der Waals surface area contributed by atoms with Crippen LogP contribution in [0, 0.1) is 22.7 Å². The lowest BCUT2D eigenvalue weighted by molar-refractivity contribution is -0.0990. The second kappa shape index (κ2) is 2.98. The van der Waals surface area contributed by atoms with Crippen molar-refractivity contribution in [2.75, 3.05) is 0 Å². The van der Waals surface area contributed by atoms with E-state index in [1.807, 2.05) is 0 Å². The predicted octanol–water partition coefficient (Wildman–Crippen LogP) is 3.22. The molecule has 2 saturated carbocycles. The van der Waals surface area contributed by atoms with Gasteiger partial charge >= 0.3 is 0 Å². The van der Waals surface area contributed by atoms with Crippen molar-refractivity contribution < 1.29 is 5.11 Å². The van der Waals surface area contributed by atoms with Gasteiger partial charge in [0.25, 0.3) is 0 Å². The lowest BCUT2D eigenvalue weighted by Crippen LogP contribution is -2.49. The summed E-state index contributed by atoms with van der Waals surface area (Å²) in [5.41, 5.74) is 0.639. The van der Waals surface area contributed by atoms with E-state index in [-0.39, 0.29) is 11.5 Å². The molecule has 14 heavy (non-hydrogen) atoms. The molecule has 0 spiro atoms. The highest BCUT2D eigenvalue weighted by atomic mass is 16.3. The first-order valence-electron chi connectivity index (χ1n) is 6.07. The van der Waals surface area contributed by atoms with Gasteiger partial charge in [0.2, 0.25) is 0 Å². The number of rotatable bonds is 0. The van der Waals surface area contributed by atoms with Crippen LogP contribution in [0.5, 0.6) is 0 Å². The molecule has 82 valence electrons. The van der Waals surface area contributed by atoms with Gasteiger partial charge in [0, 0.05) is 0 Å². The van der Waals surface area contributed by atoms with E-state index in [0.717, 1.165) is 12.3 Å². The second-order valence-electron chi connectivity index (χ2n) is 6.44. The first-order valence-corrected chi connectivity index (χ1v) is 6.07. The molecule has 2 fully saturated rings. The molecule has 0 amide bonds. The van der Waals surface area contributed by atoms with Crippen LogP contribution in [0.1, 0.15) is 53.4 Å². The third kappa shape index (κ3) is 1.18. The molecule has 0 bridgehead atoms. The van der Waals surface area contributed by atoms with Gasteiger partial charge < -0.3 is 5.11 Å². The molecule has 0 radical (unpaired) electrons. The predicted molar refractivity (Wildman–Crippen MR) is 59.0 cm³/mol. The summed E-state index contributed by atoms with van der Waals surface area (Å²) in [6.07, 6.45) is 4.77. The van der Waals surface area contributed by atoms with Gasteiger partial charge in [-0.25, -0.2) is 0 Å². The van der Waals surface area contributed by atoms with Crippen molar-refractivity contribution in [2.24, 2.45) is 22.7 Å². The molecule has 2 aliphatic carbocycles. The maximum Gasteiger partial charge on any atom is 0.0599 e. The molecule has 0 aromatic heterocycles. The van der Waals surface area contributed by atoms with Crippen LogP contribution >= 0.6 is 0 Å². The molecule has 1 nitrogen and oxygen atoms in total. The van der Waals surface area contributed by atoms with Crippen molar-refractivity contribution >= 4 is 0 Å². The molecule has 2 aliphatic rings. The first kappa shape index (κ1) is 10.5. The fourth-order valence-corrected chi connectivity index (χ4v) is 4.17. The van der Waals surface area contributed by atoms with Crippen molar-refractivity contribution in [3.63, 3.8) is 0 Å². The maximum atomic E-state index is 10.2. The van der Waals surface area contributed by atoms with Crippen molar-refractivity contribution in [1.82, 2.24) is 0 Å². The summed E-state index contributed by atoms with van der Waals surface area (Å²) in [5, 5.41) is 10.2. The highest BCUT2D eigenvalue weighted by molar-refractivity contribution is 5.05. The van der Waals surface area contributed by atoms with Crippen LogP contribution in [0.4, 0.5) is 0 Å². The average Bonchev–Trinajstić information content (AvgIpc) is 2.40. The third-order valence-corrected chi connectivity index (χ3v) is 5.42. The molecular weight excluding hydrogens is 172 g/mol. The van der Waals surface area contributed by atoms with Gasteiger partial charge in [0.05, 0.1) is 6.10 Å². The van der Waals surface area contributed by atoms with Gasteiger partial charge in [-0.15, -0.1) is 0 Å². The van der Waals surface area contributed by atoms with Crippen LogP contribution in [0.25, 0.3) is 0 Å². The lowest BCUT2D eigenvalue weighted by atomic mass is 9.55. The Balaban J connectivity index is 2.35. The molecule has 4 atom stereocenters. The monoisotopic (exact) mass is 196 g/mol. The molecule has 2 rings (SSSR count). The minimum absolute atomic E-state index is 0.0574. The van der Waals surface area contributed by atoms with Crippen molar-refractivity contribution in [3.05, 3.63) is 0 Å². The van der Waals surface area contributed by atoms with E-state index in [0.29, 0.717) is 11.3 Å². The van der Waals surface area contributed by atoms with Gasteiger partial charge in [-0.3, -0.25) is 0 Å². The van der Waals surface area contributed by atoms with Crippen molar-refractivity contribution in [2.45, 2.75) is 59.5 Å². The highest BCUT2D eigenvalue weighted by Gasteiger charge is 2.56. The Bertz CT molecular complexity index is 233. The zero-order valence-electron chi connectivity index (χ0n) is 10.0. The summed E-state index contributed by atoms with van der Waals surface area (Å²) in [6, 6.07) is 0. The normalized spacial score (nSPS) is 51.6. The van der Waals surface area contributed by atoms with E-state index in [1.54, 1.807) is 0 Å². The maximum absolute atomic E-state index is 10.2. The number of aliphatic hydroxyl groups is 1. The number of hydrogen-bond donors (Lipinski definition) is 1. The smallest absolute Gasteiger partial charge is 0.0599 e. The SMILES string of the molecule is C[C@@H]1CCC2C(C)(C)CC[C@@H](O)[C@]21C. The van der Waals surface area contributed by atoms with E-state index in [9.17, 15) is 5.11 Å². The van der Waals surface area contributed by atoms with Crippen LogP contribution < -0.4 is 0 Å². The van der Waals surface area contributed by atoms with E-state index in [1.165, 1.54) is 19.3 Å². The van der Waals surface area contributed by atoms with Crippen LogP contribution in [-0.2, 0) is 0 Å². The summed E-state index contributed by atoms with van der Waals surface area (Å²) in [5.74, 6) is 1.43. The number of aliphatic hydroxyl groups excluding tert-OH is 1. The Kier molecular flexibility index (Phi) is 2.23. The van der Waals surface area contributed by atoms with Gasteiger partial charge in [0.15, 0.2) is 0 Å². The van der Waals surface area contributed by atoms with Crippen LogP contribution in [0.3, 0.4) is 0 Å². The Morgan fingerprint density at radius 3 is 2.29 bits per heavy atom. The Morgan fingerprint density at radius 2 is 1.71 bits per heavy atom. The summed E-state index contributed by atoms with van der Waals surface area (Å²) in [4.78, 5) is 0. The number of hydrogen-bond acceptors (Lipinski definition) is 1. The molecule has 1 N–H and O–H groups in total. The summed E-state index contributed by atoms with van der Waals surface area (Å²) in [6.45, 7) is 9.42. The molecular formula is C13H24O. The zero-order chi connectivity index (χ0) is 10.6. The Hall–Kier alpha value is -0.0400. The Labute approximate surface area is 87.9 Å². The van der Waals surface area contributed by atoms with Gasteiger partial charge in [-0.2, -0.15) is 0 Å². The molecule has 0 aliphatic heterocycles. The molecule has 0 aromatic carbocycles. The average molecular weight is 196 g/mol. The van der Waals surface area contributed by atoms with Gasteiger partial charge in [-0.05, 0) is 48.3 Å². The minimum atomic E-state index is -0.0574. The summed E-state index contributed by atoms with van der Waals surface area (Å²) in [7, 11) is 0. The molecule has 0 saturated heterocycles. The lowest BCUT2D eigenvalue weighted by Gasteiger charge is -2.52. The number of fused-ring (bicyclic) bond motifs is 1. The fourth-order valence-electron chi connectivity index (χ4n) is 4.17. The quantitative estimate of drug-likeness (QED) is 0.630. The highest BCUT2D eigenvalue weighted by Crippen LogP contribution is 2.61. The third-order valence-electron chi connectivity index (χ3n) is 5.42. The van der Waals surface area contributed by atoms with E-state index < -0.39 is 0 Å². The van der Waals surface area contributed by atoms with Crippen molar-refractivity contribution in [1.29, 1.82) is 0 Å². The molecule has 0 heterocycles. The molecule has 0 aromatic rings. The second-order valence-corrected chi connectivity index (χ2v) is 6.44. The molecule has 1 heteroatoms. The van der Waals surface area contributed by atoms with E-state index in [4.69, 9.17) is 0 Å². The van der Waals surface area contributed by atoms with Crippen LogP contribution in [0.2, 0.25) is 0 Å². The zero-order valence-corrected chi connectivity index (χ0v) is 10.0. The fraction of sp³-hybridized carbons (Fsp3) is 1.00.